The second-order valence-electron chi connectivity index (χ2n) is 6.07. The summed E-state index contributed by atoms with van der Waals surface area (Å²) >= 11 is 0. The molecule has 2 amide bonds. The second kappa shape index (κ2) is 5.93. The SMILES string of the molecule is CCC(C)C1NC(=O)C(C)(C)N(C(CC)CC)C1=O. The van der Waals surface area contributed by atoms with Crippen molar-refractivity contribution in [3.05, 3.63) is 0 Å². The van der Waals surface area contributed by atoms with Crippen molar-refractivity contribution in [2.75, 3.05) is 0 Å². The first-order valence-electron chi connectivity index (χ1n) is 7.45. The molecule has 1 saturated heterocycles. The van der Waals surface area contributed by atoms with E-state index < -0.39 is 5.54 Å². The lowest BCUT2D eigenvalue weighted by Crippen LogP contribution is -2.71. The maximum Gasteiger partial charge on any atom is 0.246 e. The molecule has 19 heavy (non-hydrogen) atoms. The zero-order chi connectivity index (χ0) is 14.8. The molecule has 1 fully saturated rings. The van der Waals surface area contributed by atoms with Gasteiger partial charge in [-0.05, 0) is 32.6 Å². The number of hydrogen-bond donors (Lipinski definition) is 1. The van der Waals surface area contributed by atoms with Crippen molar-refractivity contribution < 1.29 is 9.59 Å². The highest BCUT2D eigenvalue weighted by Gasteiger charge is 2.49. The largest absolute Gasteiger partial charge is 0.342 e. The van der Waals surface area contributed by atoms with Gasteiger partial charge in [-0.25, -0.2) is 0 Å². The minimum Gasteiger partial charge on any atom is -0.342 e. The fourth-order valence-corrected chi connectivity index (χ4v) is 2.83. The summed E-state index contributed by atoms with van der Waals surface area (Å²) in [5.41, 5.74) is -0.752. The summed E-state index contributed by atoms with van der Waals surface area (Å²) in [7, 11) is 0. The van der Waals surface area contributed by atoms with Crippen molar-refractivity contribution in [2.45, 2.75) is 78.4 Å². The first-order chi connectivity index (χ1) is 8.81. The first kappa shape index (κ1) is 16.0. The minimum atomic E-state index is -0.752. The Bertz CT molecular complexity index is 348. The summed E-state index contributed by atoms with van der Waals surface area (Å²) in [4.78, 5) is 26.9. The van der Waals surface area contributed by atoms with Gasteiger partial charge in [0.1, 0.15) is 11.6 Å². The molecule has 0 aromatic heterocycles. The van der Waals surface area contributed by atoms with E-state index in [4.69, 9.17) is 0 Å². The molecule has 0 radical (unpaired) electrons. The molecule has 110 valence electrons. The second-order valence-corrected chi connectivity index (χ2v) is 6.07. The molecule has 0 aromatic carbocycles. The number of nitrogens with zero attached hydrogens (tertiary/aromatic N) is 1. The minimum absolute atomic E-state index is 0.0377. The van der Waals surface area contributed by atoms with E-state index in [1.165, 1.54) is 0 Å². The molecule has 0 spiro atoms. The Labute approximate surface area is 116 Å². The fourth-order valence-electron chi connectivity index (χ4n) is 2.83. The van der Waals surface area contributed by atoms with E-state index in [1.807, 2.05) is 32.6 Å². The molecule has 0 bridgehead atoms. The maximum atomic E-state index is 12.8. The van der Waals surface area contributed by atoms with Crippen LogP contribution in [0.2, 0.25) is 0 Å². The van der Waals surface area contributed by atoms with Crippen molar-refractivity contribution in [3.8, 4) is 0 Å². The van der Waals surface area contributed by atoms with Crippen LogP contribution in [0, 0.1) is 5.92 Å². The number of nitrogens with one attached hydrogen (secondary N) is 1. The van der Waals surface area contributed by atoms with Gasteiger partial charge in [0.15, 0.2) is 0 Å². The summed E-state index contributed by atoms with van der Waals surface area (Å²) in [6.07, 6.45) is 2.65. The molecule has 1 aliphatic heterocycles. The van der Waals surface area contributed by atoms with Gasteiger partial charge >= 0.3 is 0 Å². The molecule has 1 rings (SSSR count). The molecule has 4 nitrogen and oxygen atoms in total. The number of carbonyl (C=O) groups excluding carboxylic acids is 2. The van der Waals surface area contributed by atoms with E-state index in [0.717, 1.165) is 19.3 Å². The van der Waals surface area contributed by atoms with Gasteiger partial charge in [-0.3, -0.25) is 9.59 Å². The van der Waals surface area contributed by atoms with Crippen LogP contribution in [0.15, 0.2) is 0 Å². The van der Waals surface area contributed by atoms with Crippen LogP contribution >= 0.6 is 0 Å². The molecule has 0 saturated carbocycles. The Morgan fingerprint density at radius 2 is 1.68 bits per heavy atom. The van der Waals surface area contributed by atoms with Crippen LogP contribution in [-0.2, 0) is 9.59 Å². The standard InChI is InChI=1S/C15H28N2O2/c1-7-10(4)12-13(18)17(11(8-2)9-3)15(5,6)14(19)16-12/h10-12H,7-9H2,1-6H3,(H,16,19). The third-order valence-electron chi connectivity index (χ3n) is 4.47. The lowest BCUT2D eigenvalue weighted by atomic mass is 9.87. The molecule has 2 unspecified atom stereocenters. The summed E-state index contributed by atoms with van der Waals surface area (Å²) in [5, 5.41) is 2.91. The van der Waals surface area contributed by atoms with E-state index in [1.54, 1.807) is 0 Å². The lowest BCUT2D eigenvalue weighted by Gasteiger charge is -2.49. The molecule has 2 atom stereocenters. The van der Waals surface area contributed by atoms with Crippen LogP contribution < -0.4 is 5.32 Å². The van der Waals surface area contributed by atoms with Gasteiger partial charge in [0.25, 0.3) is 0 Å². The van der Waals surface area contributed by atoms with Crippen LogP contribution in [0.1, 0.15) is 60.8 Å². The Hall–Kier alpha value is -1.06. The van der Waals surface area contributed by atoms with E-state index in [-0.39, 0.29) is 29.8 Å². The topological polar surface area (TPSA) is 49.4 Å². The van der Waals surface area contributed by atoms with E-state index in [2.05, 4.69) is 19.2 Å². The van der Waals surface area contributed by atoms with Gasteiger partial charge in [0.05, 0.1) is 0 Å². The van der Waals surface area contributed by atoms with Crippen LogP contribution in [-0.4, -0.2) is 34.3 Å². The quantitative estimate of drug-likeness (QED) is 0.832. The third-order valence-corrected chi connectivity index (χ3v) is 4.47. The van der Waals surface area contributed by atoms with Crippen LogP contribution in [0.3, 0.4) is 0 Å². The van der Waals surface area contributed by atoms with Crippen LogP contribution in [0.25, 0.3) is 0 Å². The number of carbonyl (C=O) groups is 2. The van der Waals surface area contributed by atoms with E-state index in [9.17, 15) is 9.59 Å². The van der Waals surface area contributed by atoms with Crippen molar-refractivity contribution >= 4 is 11.8 Å². The number of rotatable bonds is 5. The molecule has 1 N–H and O–H groups in total. The van der Waals surface area contributed by atoms with Crippen molar-refractivity contribution in [2.24, 2.45) is 5.92 Å². The summed E-state index contributed by atoms with van der Waals surface area (Å²) in [6.45, 7) is 11.9. The highest BCUT2D eigenvalue weighted by atomic mass is 16.2. The van der Waals surface area contributed by atoms with Gasteiger partial charge in [0.2, 0.25) is 11.8 Å². The predicted octanol–water partition coefficient (Wildman–Crippen LogP) is 2.33. The Kier molecular flexibility index (Phi) is 4.99. The lowest BCUT2D eigenvalue weighted by molar-refractivity contribution is -0.160. The molecule has 1 heterocycles. The van der Waals surface area contributed by atoms with Crippen molar-refractivity contribution in [1.82, 2.24) is 10.2 Å². The van der Waals surface area contributed by atoms with E-state index in [0.29, 0.717) is 0 Å². The third kappa shape index (κ3) is 2.77. The molecular weight excluding hydrogens is 240 g/mol. The smallest absolute Gasteiger partial charge is 0.246 e. The number of piperazine rings is 1. The predicted molar refractivity (Wildman–Crippen MR) is 76.7 cm³/mol. The van der Waals surface area contributed by atoms with E-state index >= 15 is 0 Å². The Morgan fingerprint density at radius 1 is 1.16 bits per heavy atom. The maximum absolute atomic E-state index is 12.8. The average molecular weight is 268 g/mol. The highest BCUT2D eigenvalue weighted by molar-refractivity contribution is 5.99. The summed E-state index contributed by atoms with van der Waals surface area (Å²) in [6, 6.07) is -0.230. The van der Waals surface area contributed by atoms with Gasteiger partial charge in [0, 0.05) is 6.04 Å². The summed E-state index contributed by atoms with van der Waals surface area (Å²) < 4.78 is 0. The molecular formula is C15H28N2O2. The van der Waals surface area contributed by atoms with Crippen LogP contribution in [0.5, 0.6) is 0 Å². The zero-order valence-corrected chi connectivity index (χ0v) is 13.1. The molecule has 1 aliphatic rings. The molecule has 0 aromatic rings. The highest BCUT2D eigenvalue weighted by Crippen LogP contribution is 2.29. The Balaban J connectivity index is 3.13. The monoisotopic (exact) mass is 268 g/mol. The van der Waals surface area contributed by atoms with Gasteiger partial charge in [-0.15, -0.1) is 0 Å². The van der Waals surface area contributed by atoms with Crippen molar-refractivity contribution in [3.63, 3.8) is 0 Å². The number of amides is 2. The molecule has 0 aliphatic carbocycles. The normalized spacial score (nSPS) is 24.6. The summed E-state index contributed by atoms with van der Waals surface area (Å²) in [5.74, 6) is 0.210. The average Bonchev–Trinajstić information content (AvgIpc) is 2.38. The van der Waals surface area contributed by atoms with Gasteiger partial charge in [-0.1, -0.05) is 34.1 Å². The van der Waals surface area contributed by atoms with Gasteiger partial charge in [-0.2, -0.15) is 0 Å². The molecule has 4 heteroatoms. The Morgan fingerprint density at radius 3 is 2.11 bits per heavy atom. The first-order valence-corrected chi connectivity index (χ1v) is 7.45. The number of hydrogen-bond acceptors (Lipinski definition) is 2. The van der Waals surface area contributed by atoms with Crippen LogP contribution in [0.4, 0.5) is 0 Å². The van der Waals surface area contributed by atoms with Gasteiger partial charge < -0.3 is 10.2 Å². The fraction of sp³-hybridized carbons (Fsp3) is 0.867. The van der Waals surface area contributed by atoms with Crippen molar-refractivity contribution in [1.29, 1.82) is 0 Å². The zero-order valence-electron chi connectivity index (χ0n) is 13.1.